The number of carbonyl (C=O) groups is 1. The van der Waals surface area contributed by atoms with E-state index in [1.807, 2.05) is 18.2 Å². The Hall–Kier alpha value is -1.35. The summed E-state index contributed by atoms with van der Waals surface area (Å²) in [6, 6.07) is 5.69. The summed E-state index contributed by atoms with van der Waals surface area (Å²) in [6.07, 6.45) is 1.81. The lowest BCUT2D eigenvalue weighted by atomic mass is 9.83. The smallest absolute Gasteiger partial charge is 0.167 e. The molecular formula is C12H15NO2. The summed E-state index contributed by atoms with van der Waals surface area (Å²) in [5, 5.41) is 0. The molecule has 1 aliphatic carbocycles. The molecule has 1 aromatic rings. The molecule has 2 rings (SSSR count). The van der Waals surface area contributed by atoms with Crippen LogP contribution in [-0.4, -0.2) is 19.4 Å². The average molecular weight is 205 g/mol. The van der Waals surface area contributed by atoms with Crippen molar-refractivity contribution in [3.63, 3.8) is 0 Å². The molecule has 80 valence electrons. The molecule has 0 spiro atoms. The average Bonchev–Trinajstić information content (AvgIpc) is 2.29. The van der Waals surface area contributed by atoms with Crippen LogP contribution in [0.15, 0.2) is 18.2 Å². The van der Waals surface area contributed by atoms with Crippen LogP contribution < -0.4 is 10.5 Å². The number of hydrogen-bond acceptors (Lipinski definition) is 3. The SMILES string of the molecule is COc1ccc2c(c1)C(=O)C(CN)CC2. The Morgan fingerprint density at radius 3 is 3.00 bits per heavy atom. The van der Waals surface area contributed by atoms with E-state index in [0.29, 0.717) is 6.54 Å². The topological polar surface area (TPSA) is 52.3 Å². The lowest BCUT2D eigenvalue weighted by molar-refractivity contribution is 0.0907. The van der Waals surface area contributed by atoms with Crippen molar-refractivity contribution in [3.05, 3.63) is 29.3 Å². The fraction of sp³-hybridized carbons (Fsp3) is 0.417. The van der Waals surface area contributed by atoms with Gasteiger partial charge in [0.2, 0.25) is 0 Å². The third-order valence-electron chi connectivity index (χ3n) is 3.00. The predicted molar refractivity (Wildman–Crippen MR) is 58.2 cm³/mol. The molecule has 1 aromatic carbocycles. The van der Waals surface area contributed by atoms with Crippen molar-refractivity contribution in [3.8, 4) is 5.75 Å². The second-order valence-corrected chi connectivity index (χ2v) is 3.86. The maximum absolute atomic E-state index is 12.0. The highest BCUT2D eigenvalue weighted by Crippen LogP contribution is 2.28. The molecule has 1 unspecified atom stereocenters. The summed E-state index contributed by atoms with van der Waals surface area (Å²) >= 11 is 0. The van der Waals surface area contributed by atoms with Crippen LogP contribution in [0.5, 0.6) is 5.75 Å². The highest BCUT2D eigenvalue weighted by atomic mass is 16.5. The number of rotatable bonds is 2. The molecular weight excluding hydrogens is 190 g/mol. The number of carbonyl (C=O) groups excluding carboxylic acids is 1. The highest BCUT2D eigenvalue weighted by Gasteiger charge is 2.26. The molecule has 0 bridgehead atoms. The van der Waals surface area contributed by atoms with E-state index in [4.69, 9.17) is 10.5 Å². The van der Waals surface area contributed by atoms with Crippen LogP contribution in [0.25, 0.3) is 0 Å². The summed E-state index contributed by atoms with van der Waals surface area (Å²) in [6.45, 7) is 0.440. The van der Waals surface area contributed by atoms with Gasteiger partial charge >= 0.3 is 0 Å². The first-order valence-electron chi connectivity index (χ1n) is 5.17. The van der Waals surface area contributed by atoms with Crippen LogP contribution in [0, 0.1) is 5.92 Å². The number of aryl methyl sites for hydroxylation is 1. The second-order valence-electron chi connectivity index (χ2n) is 3.86. The van der Waals surface area contributed by atoms with Crippen LogP contribution in [0.3, 0.4) is 0 Å². The minimum atomic E-state index is -0.00962. The summed E-state index contributed by atoms with van der Waals surface area (Å²) < 4.78 is 5.11. The molecule has 0 amide bonds. The van der Waals surface area contributed by atoms with Crippen molar-refractivity contribution in [1.29, 1.82) is 0 Å². The van der Waals surface area contributed by atoms with Gasteiger partial charge in [-0.3, -0.25) is 4.79 Å². The number of ether oxygens (including phenoxy) is 1. The molecule has 0 heterocycles. The Kier molecular flexibility index (Phi) is 2.73. The zero-order chi connectivity index (χ0) is 10.8. The second kappa shape index (κ2) is 4.03. The van der Waals surface area contributed by atoms with Crippen molar-refractivity contribution in [2.45, 2.75) is 12.8 Å². The minimum absolute atomic E-state index is 0.00962. The first-order valence-corrected chi connectivity index (χ1v) is 5.17. The summed E-state index contributed by atoms with van der Waals surface area (Å²) in [5.74, 6) is 0.891. The first-order chi connectivity index (χ1) is 7.26. The van der Waals surface area contributed by atoms with E-state index < -0.39 is 0 Å². The Morgan fingerprint density at radius 2 is 2.33 bits per heavy atom. The van der Waals surface area contributed by atoms with Gasteiger partial charge in [-0.1, -0.05) is 6.07 Å². The van der Waals surface area contributed by atoms with Crippen LogP contribution in [0.4, 0.5) is 0 Å². The Morgan fingerprint density at radius 1 is 1.53 bits per heavy atom. The van der Waals surface area contributed by atoms with Gasteiger partial charge in [-0.25, -0.2) is 0 Å². The van der Waals surface area contributed by atoms with Gasteiger partial charge in [0.25, 0.3) is 0 Å². The fourth-order valence-electron chi connectivity index (χ4n) is 2.04. The number of ketones is 1. The Labute approximate surface area is 89.2 Å². The van der Waals surface area contributed by atoms with Gasteiger partial charge in [0.05, 0.1) is 7.11 Å². The van der Waals surface area contributed by atoms with Gasteiger partial charge in [-0.15, -0.1) is 0 Å². The summed E-state index contributed by atoms with van der Waals surface area (Å²) in [5.41, 5.74) is 7.47. The molecule has 0 saturated carbocycles. The Bertz CT molecular complexity index is 387. The van der Waals surface area contributed by atoms with Crippen LogP contribution in [0.1, 0.15) is 22.3 Å². The molecule has 0 saturated heterocycles. The molecule has 0 radical (unpaired) electrons. The zero-order valence-electron chi connectivity index (χ0n) is 8.82. The maximum atomic E-state index is 12.0. The number of fused-ring (bicyclic) bond motifs is 1. The quantitative estimate of drug-likeness (QED) is 0.794. The predicted octanol–water partition coefficient (Wildman–Crippen LogP) is 1.40. The standard InChI is InChI=1S/C12H15NO2/c1-15-10-5-4-8-2-3-9(7-13)12(14)11(8)6-10/h4-6,9H,2-3,7,13H2,1H3. The van der Waals surface area contributed by atoms with E-state index in [2.05, 4.69) is 0 Å². The lowest BCUT2D eigenvalue weighted by Gasteiger charge is -2.22. The zero-order valence-corrected chi connectivity index (χ0v) is 8.82. The maximum Gasteiger partial charge on any atom is 0.167 e. The number of hydrogen-bond donors (Lipinski definition) is 1. The van der Waals surface area contributed by atoms with Crippen molar-refractivity contribution in [1.82, 2.24) is 0 Å². The summed E-state index contributed by atoms with van der Waals surface area (Å²) in [7, 11) is 1.61. The molecule has 15 heavy (non-hydrogen) atoms. The van der Waals surface area contributed by atoms with E-state index in [1.165, 1.54) is 0 Å². The van der Waals surface area contributed by atoms with Crippen molar-refractivity contribution in [2.24, 2.45) is 11.7 Å². The van der Waals surface area contributed by atoms with Gasteiger partial charge in [-0.05, 0) is 30.5 Å². The lowest BCUT2D eigenvalue weighted by Crippen LogP contribution is -2.28. The van der Waals surface area contributed by atoms with Gasteiger partial charge < -0.3 is 10.5 Å². The van der Waals surface area contributed by atoms with Crippen LogP contribution in [-0.2, 0) is 6.42 Å². The number of benzene rings is 1. The number of methoxy groups -OCH3 is 1. The normalized spacial score (nSPS) is 19.9. The number of nitrogens with two attached hydrogens (primary N) is 1. The molecule has 3 heteroatoms. The number of Topliss-reactive ketones (excluding diaryl/α,β-unsaturated/α-hetero) is 1. The fourth-order valence-corrected chi connectivity index (χ4v) is 2.04. The monoisotopic (exact) mass is 205 g/mol. The molecule has 2 N–H and O–H groups in total. The molecule has 1 atom stereocenters. The van der Waals surface area contributed by atoms with Gasteiger partial charge in [0.15, 0.2) is 5.78 Å². The Balaban J connectivity index is 2.40. The van der Waals surface area contributed by atoms with Crippen molar-refractivity contribution < 1.29 is 9.53 Å². The minimum Gasteiger partial charge on any atom is -0.497 e. The van der Waals surface area contributed by atoms with E-state index in [-0.39, 0.29) is 11.7 Å². The van der Waals surface area contributed by atoms with E-state index >= 15 is 0 Å². The molecule has 1 aliphatic rings. The third kappa shape index (κ3) is 1.75. The molecule has 0 fully saturated rings. The van der Waals surface area contributed by atoms with Crippen LogP contribution in [0.2, 0.25) is 0 Å². The highest BCUT2D eigenvalue weighted by molar-refractivity contribution is 6.00. The van der Waals surface area contributed by atoms with E-state index in [0.717, 1.165) is 29.7 Å². The van der Waals surface area contributed by atoms with Gasteiger partial charge in [0.1, 0.15) is 5.75 Å². The van der Waals surface area contributed by atoms with Gasteiger partial charge in [0, 0.05) is 18.0 Å². The van der Waals surface area contributed by atoms with E-state index in [9.17, 15) is 4.79 Å². The van der Waals surface area contributed by atoms with E-state index in [1.54, 1.807) is 7.11 Å². The first kappa shape index (κ1) is 10.2. The van der Waals surface area contributed by atoms with Crippen molar-refractivity contribution in [2.75, 3.05) is 13.7 Å². The third-order valence-corrected chi connectivity index (χ3v) is 3.00. The van der Waals surface area contributed by atoms with Gasteiger partial charge in [-0.2, -0.15) is 0 Å². The van der Waals surface area contributed by atoms with Crippen LogP contribution >= 0.6 is 0 Å². The largest absolute Gasteiger partial charge is 0.497 e. The molecule has 0 aromatic heterocycles. The summed E-state index contributed by atoms with van der Waals surface area (Å²) in [4.78, 5) is 12.0. The molecule has 0 aliphatic heterocycles. The van der Waals surface area contributed by atoms with Crippen molar-refractivity contribution >= 4 is 5.78 Å². The molecule has 3 nitrogen and oxygen atoms in total.